The standard InChI is InChI=1S/C22H28ClFN4O4S/c1-5-19(22(30)25-2)27(14-16-10-12-17(23)13-11-16)21(29)15-28(33(31,32)26(3)4)20-9-7-6-8-18(20)24/h6-13,19H,5,14-15H2,1-4H3,(H,25,30)/t19-/m1/s1. The highest BCUT2D eigenvalue weighted by atomic mass is 35.5. The average Bonchev–Trinajstić information content (AvgIpc) is 2.78. The maximum Gasteiger partial charge on any atom is 0.304 e. The van der Waals surface area contributed by atoms with Crippen molar-refractivity contribution in [1.29, 1.82) is 0 Å². The maximum atomic E-state index is 14.6. The number of anilines is 1. The summed E-state index contributed by atoms with van der Waals surface area (Å²) >= 11 is 5.95. The van der Waals surface area contributed by atoms with Crippen LogP contribution in [0.4, 0.5) is 10.1 Å². The number of halogens is 2. The van der Waals surface area contributed by atoms with Crippen molar-refractivity contribution in [3.8, 4) is 0 Å². The molecule has 0 aromatic heterocycles. The Morgan fingerprint density at radius 1 is 1.09 bits per heavy atom. The van der Waals surface area contributed by atoms with Gasteiger partial charge in [0.05, 0.1) is 5.69 Å². The third kappa shape index (κ3) is 6.43. The Morgan fingerprint density at radius 2 is 1.70 bits per heavy atom. The molecule has 1 atom stereocenters. The molecule has 0 aliphatic heterocycles. The summed E-state index contributed by atoms with van der Waals surface area (Å²) in [7, 11) is -0.182. The molecule has 2 rings (SSSR count). The molecule has 180 valence electrons. The molecule has 0 saturated carbocycles. The smallest absolute Gasteiger partial charge is 0.304 e. The van der Waals surface area contributed by atoms with Gasteiger partial charge in [0.25, 0.3) is 0 Å². The summed E-state index contributed by atoms with van der Waals surface area (Å²) in [5, 5.41) is 3.05. The predicted octanol–water partition coefficient (Wildman–Crippen LogP) is 2.65. The third-order valence-electron chi connectivity index (χ3n) is 5.04. The van der Waals surface area contributed by atoms with Gasteiger partial charge in [0.1, 0.15) is 18.4 Å². The molecule has 0 radical (unpaired) electrons. The van der Waals surface area contributed by atoms with Crippen LogP contribution in [0.2, 0.25) is 5.02 Å². The first-order chi connectivity index (χ1) is 15.5. The van der Waals surface area contributed by atoms with Crippen molar-refractivity contribution in [2.45, 2.75) is 25.9 Å². The van der Waals surface area contributed by atoms with Crippen LogP contribution in [0, 0.1) is 5.82 Å². The summed E-state index contributed by atoms with van der Waals surface area (Å²) < 4.78 is 42.1. The van der Waals surface area contributed by atoms with Gasteiger partial charge >= 0.3 is 10.2 Å². The SMILES string of the molecule is CC[C@H](C(=O)NC)N(Cc1ccc(Cl)cc1)C(=O)CN(c1ccccc1F)S(=O)(=O)N(C)C. The zero-order valence-electron chi connectivity index (χ0n) is 19.0. The Balaban J connectivity index is 2.50. The van der Waals surface area contributed by atoms with E-state index in [4.69, 9.17) is 11.6 Å². The van der Waals surface area contributed by atoms with E-state index in [1.54, 1.807) is 31.2 Å². The van der Waals surface area contributed by atoms with Crippen molar-refractivity contribution in [2.75, 3.05) is 32.0 Å². The lowest BCUT2D eigenvalue weighted by atomic mass is 10.1. The lowest BCUT2D eigenvalue weighted by Gasteiger charge is -2.33. The number of carbonyl (C=O) groups excluding carboxylic acids is 2. The maximum absolute atomic E-state index is 14.6. The molecule has 2 aromatic carbocycles. The predicted molar refractivity (Wildman–Crippen MR) is 127 cm³/mol. The molecule has 0 saturated heterocycles. The summed E-state index contributed by atoms with van der Waals surface area (Å²) in [4.78, 5) is 27.3. The lowest BCUT2D eigenvalue weighted by Crippen LogP contribution is -2.53. The van der Waals surface area contributed by atoms with Gasteiger partial charge in [-0.2, -0.15) is 12.7 Å². The average molecular weight is 499 g/mol. The van der Waals surface area contributed by atoms with Crippen molar-refractivity contribution < 1.29 is 22.4 Å². The Labute approximate surface area is 199 Å². The fourth-order valence-corrected chi connectivity index (χ4v) is 4.42. The summed E-state index contributed by atoms with van der Waals surface area (Å²) in [6, 6.07) is 11.2. The number of hydrogen-bond donors (Lipinski definition) is 1. The number of carbonyl (C=O) groups is 2. The molecule has 0 heterocycles. The van der Waals surface area contributed by atoms with Crippen LogP contribution in [0.25, 0.3) is 0 Å². The quantitative estimate of drug-likeness (QED) is 0.545. The summed E-state index contributed by atoms with van der Waals surface area (Å²) in [6.45, 7) is 1.09. The van der Waals surface area contributed by atoms with E-state index in [0.29, 0.717) is 21.3 Å². The summed E-state index contributed by atoms with van der Waals surface area (Å²) in [6.07, 6.45) is 0.291. The van der Waals surface area contributed by atoms with Gasteiger partial charge in [0.15, 0.2) is 0 Å². The van der Waals surface area contributed by atoms with Crippen molar-refractivity contribution in [1.82, 2.24) is 14.5 Å². The van der Waals surface area contributed by atoms with Gasteiger partial charge in [-0.05, 0) is 36.2 Å². The van der Waals surface area contributed by atoms with Crippen LogP contribution in [-0.4, -0.2) is 63.2 Å². The number of benzene rings is 2. The van der Waals surface area contributed by atoms with Crippen molar-refractivity contribution in [3.05, 3.63) is 64.9 Å². The molecule has 2 aromatic rings. The number of rotatable bonds is 10. The molecule has 0 spiro atoms. The highest BCUT2D eigenvalue weighted by Gasteiger charge is 2.34. The van der Waals surface area contributed by atoms with E-state index in [1.165, 1.54) is 44.2 Å². The number of nitrogens with one attached hydrogen (secondary N) is 1. The van der Waals surface area contributed by atoms with Crippen LogP contribution in [-0.2, 0) is 26.3 Å². The third-order valence-corrected chi connectivity index (χ3v) is 7.10. The Kier molecular flexibility index (Phi) is 9.21. The minimum Gasteiger partial charge on any atom is -0.357 e. The molecule has 0 aliphatic rings. The Bertz CT molecular complexity index is 1080. The monoisotopic (exact) mass is 498 g/mol. The number of para-hydroxylation sites is 1. The second kappa shape index (κ2) is 11.4. The molecule has 8 nitrogen and oxygen atoms in total. The largest absolute Gasteiger partial charge is 0.357 e. The van der Waals surface area contributed by atoms with Crippen LogP contribution in [0.5, 0.6) is 0 Å². The second-order valence-corrected chi connectivity index (χ2v) is 9.94. The van der Waals surface area contributed by atoms with E-state index in [2.05, 4.69) is 5.32 Å². The van der Waals surface area contributed by atoms with Crippen molar-refractivity contribution in [3.63, 3.8) is 0 Å². The van der Waals surface area contributed by atoms with E-state index in [1.807, 2.05) is 0 Å². The molecule has 0 fully saturated rings. The minimum atomic E-state index is -4.22. The molecule has 33 heavy (non-hydrogen) atoms. The van der Waals surface area contributed by atoms with Crippen LogP contribution in [0.1, 0.15) is 18.9 Å². The number of nitrogens with zero attached hydrogens (tertiary/aromatic N) is 3. The fraction of sp³-hybridized carbons (Fsp3) is 0.364. The normalized spacial score (nSPS) is 12.3. The van der Waals surface area contributed by atoms with Crippen LogP contribution in [0.3, 0.4) is 0 Å². The van der Waals surface area contributed by atoms with Crippen LogP contribution in [0.15, 0.2) is 48.5 Å². The zero-order valence-corrected chi connectivity index (χ0v) is 20.5. The molecular weight excluding hydrogens is 471 g/mol. The number of hydrogen-bond acceptors (Lipinski definition) is 4. The molecule has 0 bridgehead atoms. The molecule has 1 N–H and O–H groups in total. The topological polar surface area (TPSA) is 90.0 Å². The van der Waals surface area contributed by atoms with Crippen LogP contribution < -0.4 is 9.62 Å². The van der Waals surface area contributed by atoms with Gasteiger partial charge < -0.3 is 10.2 Å². The number of likely N-dealkylation sites (N-methyl/N-ethyl adjacent to an activating group) is 1. The molecular formula is C22H28ClFN4O4S. The first kappa shape index (κ1) is 26.6. The van der Waals surface area contributed by atoms with Gasteiger partial charge in [-0.15, -0.1) is 0 Å². The van der Waals surface area contributed by atoms with E-state index >= 15 is 0 Å². The number of amides is 2. The molecule has 0 aliphatic carbocycles. The van der Waals surface area contributed by atoms with Gasteiger partial charge in [-0.3, -0.25) is 9.59 Å². The van der Waals surface area contributed by atoms with Crippen LogP contribution >= 0.6 is 11.6 Å². The van der Waals surface area contributed by atoms with Gasteiger partial charge in [-0.1, -0.05) is 42.8 Å². The van der Waals surface area contributed by atoms with Gasteiger partial charge in [0.2, 0.25) is 11.8 Å². The van der Waals surface area contributed by atoms with E-state index in [0.717, 1.165) is 10.4 Å². The van der Waals surface area contributed by atoms with E-state index < -0.39 is 40.4 Å². The van der Waals surface area contributed by atoms with Crippen molar-refractivity contribution in [2.24, 2.45) is 0 Å². The van der Waals surface area contributed by atoms with Crippen molar-refractivity contribution >= 4 is 39.3 Å². The molecule has 2 amide bonds. The highest BCUT2D eigenvalue weighted by molar-refractivity contribution is 7.90. The second-order valence-electron chi connectivity index (χ2n) is 7.43. The van der Waals surface area contributed by atoms with Gasteiger partial charge in [0, 0.05) is 32.7 Å². The lowest BCUT2D eigenvalue weighted by molar-refractivity contribution is -0.140. The van der Waals surface area contributed by atoms with Gasteiger partial charge in [-0.25, -0.2) is 8.70 Å². The first-order valence-electron chi connectivity index (χ1n) is 10.2. The highest BCUT2D eigenvalue weighted by Crippen LogP contribution is 2.24. The molecule has 0 unspecified atom stereocenters. The summed E-state index contributed by atoms with van der Waals surface area (Å²) in [5.74, 6) is -1.85. The minimum absolute atomic E-state index is 0.0368. The molecule has 11 heteroatoms. The fourth-order valence-electron chi connectivity index (χ4n) is 3.23. The first-order valence-corrected chi connectivity index (χ1v) is 12.0. The Morgan fingerprint density at radius 3 is 2.21 bits per heavy atom. The summed E-state index contributed by atoms with van der Waals surface area (Å²) in [5.41, 5.74) is 0.432. The Hall–Kier alpha value is -2.69. The van der Waals surface area contributed by atoms with E-state index in [9.17, 15) is 22.4 Å². The van der Waals surface area contributed by atoms with E-state index in [-0.39, 0.29) is 12.2 Å². The zero-order chi connectivity index (χ0) is 24.8.